The zero-order valence-corrected chi connectivity index (χ0v) is 26.0. The zero-order valence-electron chi connectivity index (χ0n) is 25.2. The first-order valence-corrected chi connectivity index (χ1v) is 17.4. The highest BCUT2D eigenvalue weighted by atomic mass is 32.2. The molecule has 1 saturated carbocycles. The monoisotopic (exact) mass is 622 g/mol. The Kier molecular flexibility index (Phi) is 10.3. The number of imidazole rings is 1. The molecule has 0 spiro atoms. The Morgan fingerprint density at radius 1 is 0.977 bits per heavy atom. The number of rotatable bonds is 11. The van der Waals surface area contributed by atoms with Crippen LogP contribution in [-0.4, -0.2) is 71.3 Å². The van der Waals surface area contributed by atoms with Crippen LogP contribution in [0.3, 0.4) is 0 Å². The predicted molar refractivity (Wildman–Crippen MR) is 167 cm³/mol. The van der Waals surface area contributed by atoms with Gasteiger partial charge in [0.05, 0.1) is 12.5 Å². The maximum atomic E-state index is 13.4. The van der Waals surface area contributed by atoms with Gasteiger partial charge in [0.1, 0.15) is 17.4 Å². The van der Waals surface area contributed by atoms with Crippen molar-refractivity contribution in [1.29, 1.82) is 0 Å². The maximum absolute atomic E-state index is 13.4. The van der Waals surface area contributed by atoms with E-state index in [9.17, 15) is 22.8 Å². The van der Waals surface area contributed by atoms with Crippen LogP contribution in [0, 0.1) is 5.92 Å². The third-order valence-corrected chi connectivity index (χ3v) is 10.00. The van der Waals surface area contributed by atoms with Crippen LogP contribution >= 0.6 is 0 Å². The van der Waals surface area contributed by atoms with Gasteiger partial charge in [0.15, 0.2) is 0 Å². The van der Waals surface area contributed by atoms with Gasteiger partial charge >= 0.3 is 0 Å². The largest absolute Gasteiger partial charge is 0.350 e. The highest BCUT2D eigenvalue weighted by Gasteiger charge is 2.30. The smallest absolute Gasteiger partial charge is 0.270 e. The Morgan fingerprint density at radius 3 is 2.50 bits per heavy atom. The number of pyridine rings is 1. The number of aromatic nitrogens is 2. The molecule has 11 nitrogen and oxygen atoms in total. The van der Waals surface area contributed by atoms with E-state index in [0.29, 0.717) is 48.6 Å². The minimum Gasteiger partial charge on any atom is -0.350 e. The van der Waals surface area contributed by atoms with Crippen molar-refractivity contribution in [2.24, 2.45) is 5.92 Å². The SMILES string of the molecule is CS(=O)(=O)N1CCCC(NC(=O)[C@H](CCC2CCCCC2)NC(=O)c2ccc(CNC(=O)c3cnc4ccccn34)cc2)C1. The number of hydrogen-bond donors (Lipinski definition) is 3. The lowest BCUT2D eigenvalue weighted by Crippen LogP contribution is -2.54. The molecule has 2 aromatic heterocycles. The summed E-state index contributed by atoms with van der Waals surface area (Å²) < 4.78 is 27.2. The fraction of sp³-hybridized carbons (Fsp3) is 0.500. The lowest BCUT2D eigenvalue weighted by Gasteiger charge is -2.32. The van der Waals surface area contributed by atoms with Crippen molar-refractivity contribution in [3.8, 4) is 0 Å². The lowest BCUT2D eigenvalue weighted by atomic mass is 9.85. The molecule has 1 aliphatic heterocycles. The van der Waals surface area contributed by atoms with Gasteiger partial charge in [0.25, 0.3) is 11.8 Å². The van der Waals surface area contributed by atoms with Crippen molar-refractivity contribution in [2.45, 2.75) is 76.4 Å². The first-order chi connectivity index (χ1) is 21.2. The molecule has 3 heterocycles. The van der Waals surface area contributed by atoms with Crippen molar-refractivity contribution in [3.05, 3.63) is 71.7 Å². The number of nitrogens with zero attached hydrogens (tertiary/aromatic N) is 3. The lowest BCUT2D eigenvalue weighted by molar-refractivity contribution is -0.124. The van der Waals surface area contributed by atoms with E-state index < -0.39 is 16.1 Å². The molecule has 1 aromatic carbocycles. The number of sulfonamides is 1. The Bertz CT molecular complexity index is 1570. The molecule has 3 N–H and O–H groups in total. The van der Waals surface area contributed by atoms with Gasteiger partial charge in [-0.1, -0.05) is 50.3 Å². The highest BCUT2D eigenvalue weighted by Crippen LogP contribution is 2.28. The topological polar surface area (TPSA) is 142 Å². The van der Waals surface area contributed by atoms with Crippen LogP contribution in [0.15, 0.2) is 54.9 Å². The van der Waals surface area contributed by atoms with Gasteiger partial charge in [-0.05, 0) is 61.4 Å². The van der Waals surface area contributed by atoms with Crippen LogP contribution in [0.4, 0.5) is 0 Å². The van der Waals surface area contributed by atoms with Crippen LogP contribution in [0.1, 0.15) is 84.2 Å². The minimum absolute atomic E-state index is 0.239. The molecule has 0 radical (unpaired) electrons. The summed E-state index contributed by atoms with van der Waals surface area (Å²) in [6, 6.07) is 11.4. The molecule has 3 aromatic rings. The van der Waals surface area contributed by atoms with Crippen LogP contribution in [0.5, 0.6) is 0 Å². The summed E-state index contributed by atoms with van der Waals surface area (Å²) in [5.74, 6) is -0.339. The number of carbonyl (C=O) groups is 3. The van der Waals surface area contributed by atoms with Gasteiger partial charge in [-0.25, -0.2) is 17.7 Å². The molecular weight excluding hydrogens is 580 g/mol. The molecule has 12 heteroatoms. The van der Waals surface area contributed by atoms with E-state index in [4.69, 9.17) is 0 Å². The van der Waals surface area contributed by atoms with E-state index in [1.807, 2.05) is 18.2 Å². The van der Waals surface area contributed by atoms with Crippen molar-refractivity contribution < 1.29 is 22.8 Å². The molecule has 44 heavy (non-hydrogen) atoms. The number of amides is 3. The Hall–Kier alpha value is -3.77. The second-order valence-corrected chi connectivity index (χ2v) is 14.0. The van der Waals surface area contributed by atoms with E-state index in [1.54, 1.807) is 34.9 Å². The number of nitrogens with one attached hydrogen (secondary N) is 3. The number of piperidine rings is 1. The zero-order chi connectivity index (χ0) is 31.1. The summed E-state index contributed by atoms with van der Waals surface area (Å²) in [5, 5.41) is 8.86. The molecule has 5 rings (SSSR count). The van der Waals surface area contributed by atoms with E-state index in [2.05, 4.69) is 20.9 Å². The fourth-order valence-electron chi connectivity index (χ4n) is 6.20. The van der Waals surface area contributed by atoms with Gasteiger partial charge in [-0.15, -0.1) is 0 Å². The van der Waals surface area contributed by atoms with Crippen LogP contribution in [0.2, 0.25) is 0 Å². The molecule has 2 fully saturated rings. The molecule has 2 atom stereocenters. The summed E-state index contributed by atoms with van der Waals surface area (Å²) in [5.41, 5.74) is 2.36. The molecule has 2 aliphatic rings. The standard InChI is InChI=1S/C32H42N6O5S/c1-44(42,43)37-18-7-10-26(22-37)35-31(40)27(17-14-23-8-3-2-4-9-23)36-30(39)25-15-12-24(13-16-25)20-34-32(41)28-21-33-29-11-5-6-19-38(28)29/h5-6,11-13,15-16,19,21,23,26-27H,2-4,7-10,14,17-18,20,22H2,1H3,(H,34,41)(H,35,40)(H,36,39)/t26?,27-/m0/s1. The number of carbonyl (C=O) groups excluding carboxylic acids is 3. The number of benzene rings is 1. The van der Waals surface area contributed by atoms with Gasteiger partial charge in [0, 0.05) is 37.4 Å². The van der Waals surface area contributed by atoms with E-state index in [0.717, 1.165) is 24.8 Å². The predicted octanol–water partition coefficient (Wildman–Crippen LogP) is 3.26. The van der Waals surface area contributed by atoms with Gasteiger partial charge in [0.2, 0.25) is 15.9 Å². The Balaban J connectivity index is 1.19. The van der Waals surface area contributed by atoms with E-state index in [1.165, 1.54) is 36.0 Å². The van der Waals surface area contributed by atoms with Crippen molar-refractivity contribution in [1.82, 2.24) is 29.6 Å². The van der Waals surface area contributed by atoms with Crippen LogP contribution in [0.25, 0.3) is 5.65 Å². The quantitative estimate of drug-likeness (QED) is 0.300. The Labute approximate surface area is 258 Å². The summed E-state index contributed by atoms with van der Waals surface area (Å²) in [4.78, 5) is 43.7. The molecule has 1 unspecified atom stereocenters. The van der Waals surface area contributed by atoms with Crippen LogP contribution in [-0.2, 0) is 21.4 Å². The average Bonchev–Trinajstić information content (AvgIpc) is 3.46. The maximum Gasteiger partial charge on any atom is 0.270 e. The molecule has 3 amide bonds. The van der Waals surface area contributed by atoms with Crippen molar-refractivity contribution in [2.75, 3.05) is 19.3 Å². The summed E-state index contributed by atoms with van der Waals surface area (Å²) in [6.45, 7) is 0.968. The first kappa shape index (κ1) is 31.6. The first-order valence-electron chi connectivity index (χ1n) is 15.5. The number of fused-ring (bicyclic) bond motifs is 1. The second kappa shape index (κ2) is 14.3. The highest BCUT2D eigenvalue weighted by molar-refractivity contribution is 7.88. The minimum atomic E-state index is -3.34. The number of hydrogen-bond acceptors (Lipinski definition) is 6. The van der Waals surface area contributed by atoms with Gasteiger partial charge in [-0.3, -0.25) is 18.8 Å². The van der Waals surface area contributed by atoms with Crippen LogP contribution < -0.4 is 16.0 Å². The van der Waals surface area contributed by atoms with Gasteiger partial charge in [-0.2, -0.15) is 0 Å². The fourth-order valence-corrected chi connectivity index (χ4v) is 7.11. The van der Waals surface area contributed by atoms with Gasteiger partial charge < -0.3 is 16.0 Å². The van der Waals surface area contributed by atoms with Crippen molar-refractivity contribution in [3.63, 3.8) is 0 Å². The van der Waals surface area contributed by atoms with E-state index >= 15 is 0 Å². The summed E-state index contributed by atoms with van der Waals surface area (Å²) >= 11 is 0. The van der Waals surface area contributed by atoms with E-state index in [-0.39, 0.29) is 36.9 Å². The van der Waals surface area contributed by atoms with Crippen molar-refractivity contribution >= 4 is 33.4 Å². The molecular formula is C32H42N6O5S. The molecule has 1 aliphatic carbocycles. The average molecular weight is 623 g/mol. The normalized spacial score (nSPS) is 18.9. The molecule has 236 valence electrons. The molecule has 0 bridgehead atoms. The third kappa shape index (κ3) is 8.23. The Morgan fingerprint density at radius 2 is 1.75 bits per heavy atom. The third-order valence-electron chi connectivity index (χ3n) is 8.73. The summed E-state index contributed by atoms with van der Waals surface area (Å²) in [7, 11) is -3.34. The molecule has 1 saturated heterocycles. The second-order valence-electron chi connectivity index (χ2n) is 12.0. The summed E-state index contributed by atoms with van der Waals surface area (Å²) in [6.07, 6.45) is 13.2.